The summed E-state index contributed by atoms with van der Waals surface area (Å²) in [5.41, 5.74) is -2.71. The Balaban J connectivity index is 2.20. The average molecular weight is 231 g/mol. The summed E-state index contributed by atoms with van der Waals surface area (Å²) in [4.78, 5) is 3.88. The van der Waals surface area contributed by atoms with Crippen molar-refractivity contribution in [2.75, 3.05) is 0 Å². The van der Waals surface area contributed by atoms with Crippen LogP contribution in [-0.2, 0) is 0 Å². The van der Waals surface area contributed by atoms with Crippen LogP contribution in [0.1, 0.15) is 18.2 Å². The maximum atomic E-state index is 12.4. The largest absolute Gasteiger partial charge is 0.440 e. The number of nitrogens with zero attached hydrogens (tertiary/aromatic N) is 3. The Hall–Kier alpha value is -1.50. The number of alkyl halides is 3. The van der Waals surface area contributed by atoms with Crippen molar-refractivity contribution in [1.82, 2.24) is 4.98 Å². The summed E-state index contributed by atoms with van der Waals surface area (Å²) in [7, 11) is 0. The third-order valence-electron chi connectivity index (χ3n) is 2.32. The minimum Gasteiger partial charge on any atom is -0.361 e. The summed E-state index contributed by atoms with van der Waals surface area (Å²) >= 11 is 0. The molecule has 16 heavy (non-hydrogen) atoms. The molecule has 0 amide bonds. The minimum absolute atomic E-state index is 0.367. The van der Waals surface area contributed by atoms with E-state index in [1.807, 2.05) is 0 Å². The Morgan fingerprint density at radius 1 is 1.38 bits per heavy atom. The molecule has 2 rings (SSSR count). The molecular formula is C9H8F3N3O. The van der Waals surface area contributed by atoms with E-state index >= 15 is 0 Å². The van der Waals surface area contributed by atoms with Gasteiger partial charge in [0.15, 0.2) is 0 Å². The number of hydrogen-bond donors (Lipinski definition) is 1. The van der Waals surface area contributed by atoms with E-state index in [9.17, 15) is 18.3 Å². The number of aliphatic hydroxyl groups is 1. The molecular weight excluding hydrogens is 223 g/mol. The van der Waals surface area contributed by atoms with Gasteiger partial charge in [0.2, 0.25) is 0 Å². The van der Waals surface area contributed by atoms with Crippen LogP contribution >= 0.6 is 0 Å². The quantitative estimate of drug-likeness (QED) is 0.805. The Bertz CT molecular complexity index is 406. The van der Waals surface area contributed by atoms with Crippen molar-refractivity contribution in [2.24, 2.45) is 10.2 Å². The first-order chi connectivity index (χ1) is 7.42. The van der Waals surface area contributed by atoms with Crippen LogP contribution in [-0.4, -0.2) is 22.0 Å². The number of pyridine rings is 1. The Labute approximate surface area is 88.8 Å². The third-order valence-corrected chi connectivity index (χ3v) is 2.32. The molecule has 2 heterocycles. The van der Waals surface area contributed by atoms with Crippen LogP contribution in [0.2, 0.25) is 0 Å². The topological polar surface area (TPSA) is 57.8 Å². The molecule has 0 saturated heterocycles. The van der Waals surface area contributed by atoms with Crippen LogP contribution in [0.3, 0.4) is 0 Å². The molecule has 4 nitrogen and oxygen atoms in total. The minimum atomic E-state index is -4.81. The molecule has 86 valence electrons. The third kappa shape index (κ3) is 1.78. The highest BCUT2D eigenvalue weighted by molar-refractivity contribution is 5.12. The lowest BCUT2D eigenvalue weighted by molar-refractivity contribution is -0.256. The SMILES string of the molecule is OC1(C(F)(F)F)CC(c2ccccn2)N=N1. The molecule has 1 aromatic heterocycles. The van der Waals surface area contributed by atoms with E-state index < -0.39 is 24.4 Å². The lowest BCUT2D eigenvalue weighted by Crippen LogP contribution is -2.41. The lowest BCUT2D eigenvalue weighted by atomic mass is 10.0. The second-order valence-corrected chi connectivity index (χ2v) is 3.50. The summed E-state index contributed by atoms with van der Waals surface area (Å²) in [6.45, 7) is 0. The van der Waals surface area contributed by atoms with Gasteiger partial charge in [0.05, 0.1) is 5.69 Å². The van der Waals surface area contributed by atoms with E-state index in [0.717, 1.165) is 0 Å². The van der Waals surface area contributed by atoms with Gasteiger partial charge < -0.3 is 5.11 Å². The van der Waals surface area contributed by atoms with Crippen molar-refractivity contribution in [3.05, 3.63) is 30.1 Å². The van der Waals surface area contributed by atoms with Gasteiger partial charge in [-0.1, -0.05) is 6.07 Å². The Morgan fingerprint density at radius 3 is 2.62 bits per heavy atom. The van der Waals surface area contributed by atoms with Gasteiger partial charge in [0.1, 0.15) is 6.04 Å². The Kier molecular flexibility index (Phi) is 2.42. The van der Waals surface area contributed by atoms with Crippen molar-refractivity contribution in [3.8, 4) is 0 Å². The van der Waals surface area contributed by atoms with Gasteiger partial charge in [0, 0.05) is 12.6 Å². The van der Waals surface area contributed by atoms with Gasteiger partial charge in [0.25, 0.3) is 5.72 Å². The smallest absolute Gasteiger partial charge is 0.361 e. The number of hydrogen-bond acceptors (Lipinski definition) is 4. The summed E-state index contributed by atoms with van der Waals surface area (Å²) in [6, 6.07) is 3.99. The van der Waals surface area contributed by atoms with E-state index in [0.29, 0.717) is 5.69 Å². The maximum Gasteiger partial charge on any atom is 0.440 e. The van der Waals surface area contributed by atoms with Gasteiger partial charge in [-0.15, -0.1) is 5.11 Å². The maximum absolute atomic E-state index is 12.4. The molecule has 0 aliphatic carbocycles. The second-order valence-electron chi connectivity index (χ2n) is 3.50. The van der Waals surface area contributed by atoms with Crippen LogP contribution in [0, 0.1) is 0 Å². The number of halogens is 3. The molecule has 1 aliphatic heterocycles. The molecule has 1 N–H and O–H groups in total. The molecule has 0 radical (unpaired) electrons. The molecule has 0 aromatic carbocycles. The zero-order chi connectivity index (χ0) is 11.8. The van der Waals surface area contributed by atoms with Gasteiger partial charge >= 0.3 is 6.18 Å². The van der Waals surface area contributed by atoms with Crippen LogP contribution in [0.5, 0.6) is 0 Å². The molecule has 2 unspecified atom stereocenters. The lowest BCUT2D eigenvalue weighted by Gasteiger charge is -2.21. The molecule has 0 fully saturated rings. The predicted octanol–water partition coefficient (Wildman–Crippen LogP) is 2.23. The number of aromatic nitrogens is 1. The van der Waals surface area contributed by atoms with Gasteiger partial charge in [-0.25, -0.2) is 0 Å². The molecule has 1 aromatic rings. The van der Waals surface area contributed by atoms with Crippen molar-refractivity contribution in [2.45, 2.75) is 24.4 Å². The number of azo groups is 1. The first-order valence-electron chi connectivity index (χ1n) is 4.54. The fourth-order valence-corrected chi connectivity index (χ4v) is 1.43. The number of rotatable bonds is 1. The van der Waals surface area contributed by atoms with E-state index in [1.165, 1.54) is 6.20 Å². The van der Waals surface area contributed by atoms with Crippen molar-refractivity contribution >= 4 is 0 Å². The molecule has 0 bridgehead atoms. The highest BCUT2D eigenvalue weighted by Gasteiger charge is 2.58. The predicted molar refractivity (Wildman–Crippen MR) is 47.5 cm³/mol. The summed E-state index contributed by atoms with van der Waals surface area (Å²) < 4.78 is 37.2. The van der Waals surface area contributed by atoms with Gasteiger partial charge in [-0.05, 0) is 12.1 Å². The molecule has 2 atom stereocenters. The Morgan fingerprint density at radius 2 is 2.12 bits per heavy atom. The van der Waals surface area contributed by atoms with E-state index in [2.05, 4.69) is 15.2 Å². The van der Waals surface area contributed by atoms with Crippen LogP contribution in [0.4, 0.5) is 13.2 Å². The van der Waals surface area contributed by atoms with Crippen LogP contribution in [0.15, 0.2) is 34.6 Å². The van der Waals surface area contributed by atoms with Crippen molar-refractivity contribution < 1.29 is 18.3 Å². The van der Waals surface area contributed by atoms with E-state index in [1.54, 1.807) is 18.2 Å². The first-order valence-corrected chi connectivity index (χ1v) is 4.54. The van der Waals surface area contributed by atoms with E-state index in [-0.39, 0.29) is 0 Å². The van der Waals surface area contributed by atoms with E-state index in [4.69, 9.17) is 0 Å². The summed E-state index contributed by atoms with van der Waals surface area (Å²) in [5.74, 6) is 0. The molecule has 0 spiro atoms. The van der Waals surface area contributed by atoms with Crippen LogP contribution < -0.4 is 0 Å². The normalized spacial score (nSPS) is 29.6. The fraction of sp³-hybridized carbons (Fsp3) is 0.444. The zero-order valence-electron chi connectivity index (χ0n) is 8.02. The van der Waals surface area contributed by atoms with Gasteiger partial charge in [-0.2, -0.15) is 18.3 Å². The molecule has 1 aliphatic rings. The monoisotopic (exact) mass is 231 g/mol. The fourth-order valence-electron chi connectivity index (χ4n) is 1.43. The zero-order valence-corrected chi connectivity index (χ0v) is 8.02. The molecule has 0 saturated carbocycles. The highest BCUT2D eigenvalue weighted by Crippen LogP contribution is 2.44. The molecule has 7 heteroatoms. The van der Waals surface area contributed by atoms with Crippen LogP contribution in [0.25, 0.3) is 0 Å². The standard InChI is InChI=1S/C9H8F3N3O/c10-9(11,12)8(16)5-7(14-15-8)6-3-1-2-4-13-6/h1-4,7,16H,5H2. The average Bonchev–Trinajstić information content (AvgIpc) is 2.63. The summed E-state index contributed by atoms with van der Waals surface area (Å²) in [6.07, 6.45) is -3.97. The first kappa shape index (κ1) is 11.0. The van der Waals surface area contributed by atoms with Crippen molar-refractivity contribution in [1.29, 1.82) is 0 Å². The highest BCUT2D eigenvalue weighted by atomic mass is 19.4. The van der Waals surface area contributed by atoms with Gasteiger partial charge in [-0.3, -0.25) is 4.98 Å². The second kappa shape index (κ2) is 3.51. The van der Waals surface area contributed by atoms with Crippen molar-refractivity contribution in [3.63, 3.8) is 0 Å². The summed E-state index contributed by atoms with van der Waals surface area (Å²) in [5, 5.41) is 15.6.